The van der Waals surface area contributed by atoms with Crippen LogP contribution in [0.1, 0.15) is 24.3 Å². The number of hydrogen-bond donors (Lipinski definition) is 0. The molecule has 1 aromatic carbocycles. The molecule has 0 bridgehead atoms. The zero-order valence-corrected chi connectivity index (χ0v) is 6.94. The van der Waals surface area contributed by atoms with Gasteiger partial charge in [-0.3, -0.25) is 0 Å². The Kier molecular flexibility index (Phi) is 1.94. The quantitative estimate of drug-likeness (QED) is 0.620. The van der Waals surface area contributed by atoms with E-state index in [-0.39, 0.29) is 5.92 Å². The van der Waals surface area contributed by atoms with E-state index in [4.69, 9.17) is 0 Å². The van der Waals surface area contributed by atoms with Crippen molar-refractivity contribution in [1.82, 2.24) is 0 Å². The number of carbonyl (C=O) groups excluding carboxylic acids is 1. The van der Waals surface area contributed by atoms with Gasteiger partial charge >= 0.3 is 0 Å². The maximum Gasteiger partial charge on any atom is 0.127 e. The third kappa shape index (κ3) is 1.40. The molecule has 1 aliphatic carbocycles. The van der Waals surface area contributed by atoms with Gasteiger partial charge in [-0.2, -0.15) is 0 Å². The van der Waals surface area contributed by atoms with Crippen molar-refractivity contribution >= 4 is 6.29 Å². The Morgan fingerprint density at radius 2 is 1.92 bits per heavy atom. The van der Waals surface area contributed by atoms with E-state index in [0.717, 1.165) is 6.29 Å². The van der Waals surface area contributed by atoms with Gasteiger partial charge in [-0.1, -0.05) is 30.3 Å². The molecule has 1 fully saturated rings. The lowest BCUT2D eigenvalue weighted by Gasteiger charge is -2.07. The molecule has 1 heteroatoms. The van der Waals surface area contributed by atoms with Crippen molar-refractivity contribution in [3.63, 3.8) is 0 Å². The molecule has 1 aromatic rings. The Labute approximate surface area is 72.4 Å². The highest BCUT2D eigenvalue weighted by Crippen LogP contribution is 2.41. The topological polar surface area (TPSA) is 17.1 Å². The van der Waals surface area contributed by atoms with Crippen LogP contribution in [0.2, 0.25) is 0 Å². The smallest absolute Gasteiger partial charge is 0.127 e. The molecule has 0 amide bonds. The molecule has 1 aliphatic rings. The van der Waals surface area contributed by atoms with E-state index in [9.17, 15) is 4.79 Å². The predicted molar refractivity (Wildman–Crippen MR) is 48.0 cm³/mol. The molecular weight excluding hydrogens is 148 g/mol. The van der Waals surface area contributed by atoms with E-state index >= 15 is 0 Å². The van der Waals surface area contributed by atoms with E-state index < -0.39 is 0 Å². The second kappa shape index (κ2) is 3.10. The zero-order valence-electron chi connectivity index (χ0n) is 6.94. The summed E-state index contributed by atoms with van der Waals surface area (Å²) in [7, 11) is 0. The summed E-state index contributed by atoms with van der Waals surface area (Å²) >= 11 is 0. The summed E-state index contributed by atoms with van der Waals surface area (Å²) in [6.07, 6.45) is 3.53. The van der Waals surface area contributed by atoms with Gasteiger partial charge in [0.05, 0.1) is 0 Å². The van der Waals surface area contributed by atoms with Crippen molar-refractivity contribution in [3.05, 3.63) is 35.9 Å². The number of hydrogen-bond acceptors (Lipinski definition) is 1. The first-order valence-electron chi connectivity index (χ1n) is 4.42. The fourth-order valence-corrected chi connectivity index (χ4v) is 1.59. The van der Waals surface area contributed by atoms with Gasteiger partial charge in [-0.15, -0.1) is 0 Å². The Morgan fingerprint density at radius 3 is 2.42 bits per heavy atom. The van der Waals surface area contributed by atoms with Crippen LogP contribution in [0.3, 0.4) is 0 Å². The lowest BCUT2D eigenvalue weighted by Crippen LogP contribution is -2.01. The van der Waals surface area contributed by atoms with Gasteiger partial charge in [-0.25, -0.2) is 0 Å². The minimum atomic E-state index is 0.159. The summed E-state index contributed by atoms with van der Waals surface area (Å²) in [5.74, 6) is 0.788. The Bertz CT molecular complexity index is 262. The molecule has 0 aliphatic heterocycles. The first-order chi connectivity index (χ1) is 5.92. The summed E-state index contributed by atoms with van der Waals surface area (Å²) < 4.78 is 0. The molecule has 0 N–H and O–H groups in total. The molecule has 0 saturated heterocycles. The van der Waals surface area contributed by atoms with Gasteiger partial charge in [0.25, 0.3) is 0 Å². The van der Waals surface area contributed by atoms with Crippen LogP contribution in [-0.4, -0.2) is 6.29 Å². The molecule has 0 aromatic heterocycles. The molecule has 0 heterocycles. The Hall–Kier alpha value is -1.11. The van der Waals surface area contributed by atoms with Crippen LogP contribution in [0.4, 0.5) is 0 Å². The van der Waals surface area contributed by atoms with E-state index in [0.29, 0.717) is 5.92 Å². The Balaban J connectivity index is 2.21. The number of carbonyl (C=O) groups is 1. The second-order valence-electron chi connectivity index (χ2n) is 3.41. The maximum atomic E-state index is 10.8. The minimum absolute atomic E-state index is 0.159. The van der Waals surface area contributed by atoms with Crippen LogP contribution in [0.5, 0.6) is 0 Å². The van der Waals surface area contributed by atoms with E-state index in [1.54, 1.807) is 0 Å². The number of aldehydes is 1. The summed E-state index contributed by atoms with van der Waals surface area (Å²) in [6, 6.07) is 10.1. The van der Waals surface area contributed by atoms with Crippen molar-refractivity contribution in [2.45, 2.75) is 18.8 Å². The van der Waals surface area contributed by atoms with Gasteiger partial charge in [-0.05, 0) is 24.3 Å². The molecule has 0 spiro atoms. The monoisotopic (exact) mass is 160 g/mol. The van der Waals surface area contributed by atoms with Crippen LogP contribution < -0.4 is 0 Å². The fourth-order valence-electron chi connectivity index (χ4n) is 1.59. The van der Waals surface area contributed by atoms with Crippen LogP contribution in [0, 0.1) is 5.92 Å². The lowest BCUT2D eigenvalue weighted by molar-refractivity contribution is -0.109. The van der Waals surface area contributed by atoms with E-state index in [2.05, 4.69) is 0 Å². The predicted octanol–water partition coefficient (Wildman–Crippen LogP) is 2.38. The highest BCUT2D eigenvalue weighted by molar-refractivity contribution is 5.63. The summed E-state index contributed by atoms with van der Waals surface area (Å²) in [4.78, 5) is 10.8. The lowest BCUT2D eigenvalue weighted by atomic mass is 9.96. The number of rotatable bonds is 3. The largest absolute Gasteiger partial charge is 0.303 e. The van der Waals surface area contributed by atoms with Gasteiger partial charge in [0.2, 0.25) is 0 Å². The summed E-state index contributed by atoms with van der Waals surface area (Å²) in [6.45, 7) is 0. The minimum Gasteiger partial charge on any atom is -0.303 e. The average molecular weight is 160 g/mol. The fraction of sp³-hybridized carbons (Fsp3) is 0.364. The molecule has 1 saturated carbocycles. The van der Waals surface area contributed by atoms with Gasteiger partial charge in [0, 0.05) is 5.92 Å². The first kappa shape index (κ1) is 7.53. The Morgan fingerprint density at radius 1 is 1.25 bits per heavy atom. The number of benzene rings is 1. The average Bonchev–Trinajstić information content (AvgIpc) is 2.92. The van der Waals surface area contributed by atoms with Crippen LogP contribution in [0.25, 0.3) is 0 Å². The van der Waals surface area contributed by atoms with Crippen LogP contribution in [-0.2, 0) is 4.79 Å². The molecule has 62 valence electrons. The highest BCUT2D eigenvalue weighted by Gasteiger charge is 2.31. The molecule has 1 atom stereocenters. The third-order valence-electron chi connectivity index (χ3n) is 2.46. The van der Waals surface area contributed by atoms with Crippen molar-refractivity contribution in [2.75, 3.05) is 0 Å². The van der Waals surface area contributed by atoms with Gasteiger partial charge < -0.3 is 4.79 Å². The first-order valence-corrected chi connectivity index (χ1v) is 4.42. The maximum absolute atomic E-state index is 10.8. The van der Waals surface area contributed by atoms with Crippen molar-refractivity contribution in [2.24, 2.45) is 5.92 Å². The SMILES string of the molecule is O=C[C@@H](c1ccccc1)C1CC1. The molecule has 1 nitrogen and oxygen atoms in total. The van der Waals surface area contributed by atoms with Crippen molar-refractivity contribution in [3.8, 4) is 0 Å². The normalized spacial score (nSPS) is 18.7. The molecule has 2 rings (SSSR count). The van der Waals surface area contributed by atoms with E-state index in [1.165, 1.54) is 18.4 Å². The van der Waals surface area contributed by atoms with Crippen molar-refractivity contribution < 1.29 is 4.79 Å². The van der Waals surface area contributed by atoms with Gasteiger partial charge in [0.1, 0.15) is 6.29 Å². The standard InChI is InChI=1S/C11H12O/c12-8-11(10-6-7-10)9-4-2-1-3-5-9/h1-5,8,10-11H,6-7H2/t11-/m0/s1. The van der Waals surface area contributed by atoms with Gasteiger partial charge in [0.15, 0.2) is 0 Å². The van der Waals surface area contributed by atoms with Crippen molar-refractivity contribution in [1.29, 1.82) is 0 Å². The summed E-state index contributed by atoms with van der Waals surface area (Å²) in [5.41, 5.74) is 1.18. The second-order valence-corrected chi connectivity index (χ2v) is 3.41. The van der Waals surface area contributed by atoms with Crippen LogP contribution >= 0.6 is 0 Å². The molecule has 0 unspecified atom stereocenters. The highest BCUT2D eigenvalue weighted by atomic mass is 16.1. The molecule has 0 radical (unpaired) electrons. The van der Waals surface area contributed by atoms with E-state index in [1.807, 2.05) is 30.3 Å². The van der Waals surface area contributed by atoms with Crippen LogP contribution in [0.15, 0.2) is 30.3 Å². The molecular formula is C11H12O. The zero-order chi connectivity index (χ0) is 8.39. The third-order valence-corrected chi connectivity index (χ3v) is 2.46. The summed E-state index contributed by atoms with van der Waals surface area (Å²) in [5, 5.41) is 0. The molecule has 12 heavy (non-hydrogen) atoms.